The van der Waals surface area contributed by atoms with Crippen molar-refractivity contribution in [3.8, 4) is 11.5 Å². The highest BCUT2D eigenvalue weighted by Gasteiger charge is 2.38. The van der Waals surface area contributed by atoms with Gasteiger partial charge in [0.15, 0.2) is 16.7 Å². The van der Waals surface area contributed by atoms with E-state index in [2.05, 4.69) is 6.58 Å². The first kappa shape index (κ1) is 23.2. The fourth-order valence-corrected chi connectivity index (χ4v) is 5.20. The van der Waals surface area contributed by atoms with Crippen LogP contribution < -0.4 is 9.47 Å². The van der Waals surface area contributed by atoms with E-state index in [1.807, 2.05) is 66.4 Å². The summed E-state index contributed by atoms with van der Waals surface area (Å²) < 4.78 is 11.5. The average Bonchev–Trinajstić information content (AvgIpc) is 3.14. The minimum atomic E-state index is 0.0338. The van der Waals surface area contributed by atoms with Crippen molar-refractivity contribution in [2.75, 3.05) is 13.2 Å². The molecule has 33 heavy (non-hydrogen) atoms. The van der Waals surface area contributed by atoms with Crippen molar-refractivity contribution in [2.45, 2.75) is 45.1 Å². The smallest absolute Gasteiger partial charge is 0.267 e. The summed E-state index contributed by atoms with van der Waals surface area (Å²) in [4.78, 5) is 21.0. The molecule has 2 aromatic rings. The van der Waals surface area contributed by atoms with Crippen LogP contribution in [0, 0.1) is 0 Å². The zero-order chi connectivity index (χ0) is 23.0. The van der Waals surface area contributed by atoms with Crippen LogP contribution in [-0.4, -0.2) is 35.2 Å². The molecule has 0 atom stereocenters. The van der Waals surface area contributed by atoms with Gasteiger partial charge in [0.1, 0.15) is 6.61 Å². The van der Waals surface area contributed by atoms with E-state index in [0.717, 1.165) is 42.1 Å². The van der Waals surface area contributed by atoms with Gasteiger partial charge in [-0.3, -0.25) is 9.69 Å². The summed E-state index contributed by atoms with van der Waals surface area (Å²) >= 11 is 1.45. The van der Waals surface area contributed by atoms with E-state index in [0.29, 0.717) is 29.6 Å². The van der Waals surface area contributed by atoms with Gasteiger partial charge < -0.3 is 9.47 Å². The molecule has 172 valence electrons. The third kappa shape index (κ3) is 5.69. The van der Waals surface area contributed by atoms with E-state index in [1.165, 1.54) is 18.2 Å². The van der Waals surface area contributed by atoms with Crippen LogP contribution in [0.25, 0.3) is 6.08 Å². The van der Waals surface area contributed by atoms with Gasteiger partial charge in [0.2, 0.25) is 0 Å². The monoisotopic (exact) mass is 462 g/mol. The number of carbonyl (C=O) groups is 1. The molecule has 2 fully saturated rings. The first-order chi connectivity index (χ1) is 16.2. The number of nitrogens with zero attached hydrogens (tertiary/aromatic N) is 2. The summed E-state index contributed by atoms with van der Waals surface area (Å²) in [5.74, 6) is 1.36. The fraction of sp³-hybridized carbons (Fsp3) is 0.333. The van der Waals surface area contributed by atoms with Crippen molar-refractivity contribution in [1.82, 2.24) is 4.90 Å². The van der Waals surface area contributed by atoms with Crippen LogP contribution >= 0.6 is 11.8 Å². The molecule has 6 heteroatoms. The zero-order valence-electron chi connectivity index (χ0n) is 19.0. The van der Waals surface area contributed by atoms with Crippen LogP contribution in [0.5, 0.6) is 11.5 Å². The summed E-state index contributed by atoms with van der Waals surface area (Å²) in [5, 5.41) is 0.764. The number of aliphatic imine (C=N–C) groups is 1. The normalized spacial score (nSPS) is 19.3. The molecular weight excluding hydrogens is 432 g/mol. The van der Waals surface area contributed by atoms with Crippen molar-refractivity contribution in [1.29, 1.82) is 0 Å². The predicted molar refractivity (Wildman–Crippen MR) is 136 cm³/mol. The Hall–Kier alpha value is -2.99. The topological polar surface area (TPSA) is 51.1 Å². The Morgan fingerprint density at radius 1 is 1.09 bits per heavy atom. The first-order valence-corrected chi connectivity index (χ1v) is 12.4. The van der Waals surface area contributed by atoms with Gasteiger partial charge in [-0.25, -0.2) is 4.99 Å². The number of thioether (sulfide) groups is 1. The van der Waals surface area contributed by atoms with Gasteiger partial charge in [0, 0.05) is 6.04 Å². The molecule has 0 bridgehead atoms. The van der Waals surface area contributed by atoms with Gasteiger partial charge in [0.05, 0.1) is 17.2 Å². The molecule has 0 N–H and O–H groups in total. The minimum absolute atomic E-state index is 0.0338. The molecule has 1 heterocycles. The molecular formula is C27H30N2O3S. The third-order valence-electron chi connectivity index (χ3n) is 5.68. The Bertz CT molecular complexity index is 1040. The molecule has 0 radical (unpaired) electrons. The second kappa shape index (κ2) is 11.2. The van der Waals surface area contributed by atoms with Crippen LogP contribution in [-0.2, 0) is 4.79 Å². The summed E-state index contributed by atoms with van der Waals surface area (Å²) in [7, 11) is 0. The van der Waals surface area contributed by atoms with Crippen LogP contribution in [0.4, 0.5) is 5.69 Å². The van der Waals surface area contributed by atoms with E-state index in [4.69, 9.17) is 14.5 Å². The molecule has 0 aromatic heterocycles. The number of amidine groups is 1. The molecule has 1 aliphatic heterocycles. The predicted octanol–water partition coefficient (Wildman–Crippen LogP) is 6.59. The first-order valence-electron chi connectivity index (χ1n) is 11.6. The highest BCUT2D eigenvalue weighted by atomic mass is 32.2. The Morgan fingerprint density at radius 2 is 1.88 bits per heavy atom. The van der Waals surface area contributed by atoms with Gasteiger partial charge in [0.25, 0.3) is 5.91 Å². The van der Waals surface area contributed by atoms with E-state index in [1.54, 1.807) is 6.08 Å². The van der Waals surface area contributed by atoms with E-state index in [-0.39, 0.29) is 11.9 Å². The number of para-hydroxylation sites is 1. The van der Waals surface area contributed by atoms with Crippen molar-refractivity contribution < 1.29 is 14.3 Å². The Labute approximate surface area is 200 Å². The van der Waals surface area contributed by atoms with E-state index >= 15 is 0 Å². The molecule has 1 saturated carbocycles. The van der Waals surface area contributed by atoms with Gasteiger partial charge in [-0.15, -0.1) is 0 Å². The molecule has 0 spiro atoms. The average molecular weight is 463 g/mol. The van der Waals surface area contributed by atoms with Crippen LogP contribution in [0.1, 0.15) is 44.6 Å². The number of carbonyl (C=O) groups excluding carboxylic acids is 1. The molecule has 5 nitrogen and oxygen atoms in total. The van der Waals surface area contributed by atoms with Gasteiger partial charge in [-0.2, -0.15) is 0 Å². The van der Waals surface area contributed by atoms with Gasteiger partial charge in [-0.1, -0.05) is 56.2 Å². The Balaban J connectivity index is 1.66. The molecule has 1 amide bonds. The second-order valence-electron chi connectivity index (χ2n) is 8.05. The van der Waals surface area contributed by atoms with Crippen molar-refractivity contribution in [3.63, 3.8) is 0 Å². The maximum atomic E-state index is 13.5. The molecule has 2 aliphatic rings. The minimum Gasteiger partial charge on any atom is -0.490 e. The number of hydrogen-bond acceptors (Lipinski definition) is 5. The Kier molecular flexibility index (Phi) is 7.89. The van der Waals surface area contributed by atoms with Crippen LogP contribution in [0.2, 0.25) is 0 Å². The lowest BCUT2D eigenvalue weighted by atomic mass is 9.94. The molecule has 4 rings (SSSR count). The molecule has 1 saturated heterocycles. The van der Waals surface area contributed by atoms with E-state index < -0.39 is 0 Å². The van der Waals surface area contributed by atoms with Crippen molar-refractivity contribution in [3.05, 3.63) is 71.7 Å². The molecule has 2 aromatic carbocycles. The standard InChI is InChI=1S/C27H30N2O3S/c1-3-17-32-23-16-15-20(18-24(23)31-4-2)19-25-26(30)29(22-13-9-6-10-14-22)27(33-25)28-21-11-7-5-8-12-21/h3,5,7-8,11-12,15-16,18-19,22H,1,4,6,9-10,13-14,17H2,2H3/b25-19-,28-27?. The van der Waals surface area contributed by atoms with Gasteiger partial charge in [-0.05, 0) is 67.4 Å². The van der Waals surface area contributed by atoms with E-state index in [9.17, 15) is 4.79 Å². The third-order valence-corrected chi connectivity index (χ3v) is 6.66. The number of rotatable bonds is 8. The summed E-state index contributed by atoms with van der Waals surface area (Å²) in [5.41, 5.74) is 1.75. The van der Waals surface area contributed by atoms with Crippen LogP contribution in [0.3, 0.4) is 0 Å². The maximum absolute atomic E-state index is 13.5. The van der Waals surface area contributed by atoms with Crippen LogP contribution in [0.15, 0.2) is 71.1 Å². The number of ether oxygens (including phenoxy) is 2. The SMILES string of the molecule is C=CCOc1ccc(/C=C2\SC(=Nc3ccccc3)N(C3CCCCC3)C2=O)cc1OCC. The number of hydrogen-bond donors (Lipinski definition) is 0. The molecule has 1 aliphatic carbocycles. The summed E-state index contributed by atoms with van der Waals surface area (Å²) in [6.07, 6.45) is 9.22. The van der Waals surface area contributed by atoms with Crippen molar-refractivity contribution >= 4 is 34.6 Å². The fourth-order valence-electron chi connectivity index (χ4n) is 4.14. The maximum Gasteiger partial charge on any atom is 0.267 e. The highest BCUT2D eigenvalue weighted by molar-refractivity contribution is 8.18. The zero-order valence-corrected chi connectivity index (χ0v) is 19.9. The highest BCUT2D eigenvalue weighted by Crippen LogP contribution is 2.39. The summed E-state index contributed by atoms with van der Waals surface area (Å²) in [6, 6.07) is 15.8. The quantitative estimate of drug-likeness (QED) is 0.328. The van der Waals surface area contributed by atoms with Gasteiger partial charge >= 0.3 is 0 Å². The lowest BCUT2D eigenvalue weighted by Gasteiger charge is -2.30. The second-order valence-corrected chi connectivity index (χ2v) is 9.06. The summed E-state index contributed by atoms with van der Waals surface area (Å²) in [6.45, 7) is 6.57. The largest absolute Gasteiger partial charge is 0.490 e. The number of amides is 1. The lowest BCUT2D eigenvalue weighted by molar-refractivity contribution is -0.124. The lowest BCUT2D eigenvalue weighted by Crippen LogP contribution is -2.40. The van der Waals surface area contributed by atoms with Crippen molar-refractivity contribution in [2.24, 2.45) is 4.99 Å². The molecule has 0 unspecified atom stereocenters. The Morgan fingerprint density at radius 3 is 2.61 bits per heavy atom. The number of benzene rings is 2.